The first-order valence-corrected chi connectivity index (χ1v) is 7.01. The Morgan fingerprint density at radius 2 is 2.00 bits per heavy atom. The number of halogens is 1. The van der Waals surface area contributed by atoms with Gasteiger partial charge in [-0.1, -0.05) is 36.7 Å². The molecule has 1 N–H and O–H groups in total. The lowest BCUT2D eigenvalue weighted by Gasteiger charge is -2.19. The highest BCUT2D eigenvalue weighted by atomic mass is 35.5. The van der Waals surface area contributed by atoms with Crippen LogP contribution in [0.4, 0.5) is 0 Å². The van der Waals surface area contributed by atoms with Gasteiger partial charge in [0.1, 0.15) is 0 Å². The number of hydrogen-bond acceptors (Lipinski definition) is 2. The smallest absolute Gasteiger partial charge is 0.0602 e. The average Bonchev–Trinajstić information content (AvgIpc) is 2.74. The lowest BCUT2D eigenvalue weighted by molar-refractivity contribution is 0.630. The minimum absolute atomic E-state index is 0.194. The topological polar surface area (TPSA) is 12.0 Å². The maximum absolute atomic E-state index is 6.29. The highest BCUT2D eigenvalue weighted by Gasteiger charge is 2.17. The molecular formula is C14H16ClNS. The first-order chi connectivity index (χ1) is 8.24. The average molecular weight is 266 g/mol. The maximum atomic E-state index is 6.29. The van der Waals surface area contributed by atoms with E-state index >= 15 is 0 Å². The fourth-order valence-corrected chi connectivity index (χ4v) is 2.98. The molecule has 0 aliphatic heterocycles. The molecule has 0 bridgehead atoms. The Hall–Kier alpha value is -0.830. The second kappa shape index (κ2) is 5.67. The number of rotatable bonds is 4. The molecular weight excluding hydrogens is 250 g/mol. The van der Waals surface area contributed by atoms with E-state index in [1.165, 1.54) is 10.4 Å². The van der Waals surface area contributed by atoms with E-state index in [-0.39, 0.29) is 6.04 Å². The summed E-state index contributed by atoms with van der Waals surface area (Å²) in [4.78, 5) is 1.34. The third-order valence-corrected chi connectivity index (χ3v) is 4.04. The number of thiophene rings is 1. The molecule has 1 atom stereocenters. The van der Waals surface area contributed by atoms with E-state index in [0.717, 1.165) is 17.1 Å². The van der Waals surface area contributed by atoms with Crippen LogP contribution in [0, 0.1) is 6.92 Å². The van der Waals surface area contributed by atoms with Crippen molar-refractivity contribution < 1.29 is 0 Å². The third-order valence-electron chi connectivity index (χ3n) is 2.83. The van der Waals surface area contributed by atoms with Crippen molar-refractivity contribution in [3.63, 3.8) is 0 Å². The Balaban J connectivity index is 2.43. The molecule has 1 nitrogen and oxygen atoms in total. The van der Waals surface area contributed by atoms with Crippen molar-refractivity contribution in [2.24, 2.45) is 0 Å². The lowest BCUT2D eigenvalue weighted by Crippen LogP contribution is -2.22. The summed E-state index contributed by atoms with van der Waals surface area (Å²) < 4.78 is 0. The summed E-state index contributed by atoms with van der Waals surface area (Å²) in [5.74, 6) is 0. The third kappa shape index (κ3) is 2.71. The van der Waals surface area contributed by atoms with Crippen molar-refractivity contribution >= 4 is 22.9 Å². The summed E-state index contributed by atoms with van der Waals surface area (Å²) in [6.45, 7) is 5.19. The molecule has 1 aromatic heterocycles. The molecule has 90 valence electrons. The van der Waals surface area contributed by atoms with Gasteiger partial charge in [0, 0.05) is 9.90 Å². The van der Waals surface area contributed by atoms with E-state index in [4.69, 9.17) is 11.6 Å². The maximum Gasteiger partial charge on any atom is 0.0602 e. The van der Waals surface area contributed by atoms with Crippen LogP contribution in [0.15, 0.2) is 35.7 Å². The van der Waals surface area contributed by atoms with E-state index in [1.807, 2.05) is 18.2 Å². The second-order valence-electron chi connectivity index (χ2n) is 3.94. The zero-order chi connectivity index (χ0) is 12.3. The minimum Gasteiger partial charge on any atom is -0.306 e. The quantitative estimate of drug-likeness (QED) is 0.864. The van der Waals surface area contributed by atoms with Crippen LogP contribution in [0.3, 0.4) is 0 Å². The van der Waals surface area contributed by atoms with Crippen LogP contribution in [0.1, 0.15) is 29.0 Å². The van der Waals surface area contributed by atoms with Crippen LogP contribution in [0.25, 0.3) is 0 Å². The van der Waals surface area contributed by atoms with Crippen LogP contribution in [-0.4, -0.2) is 6.54 Å². The Bertz CT molecular complexity index is 492. The highest BCUT2D eigenvalue weighted by Crippen LogP contribution is 2.31. The van der Waals surface area contributed by atoms with E-state index < -0.39 is 0 Å². The van der Waals surface area contributed by atoms with Gasteiger partial charge in [-0.2, -0.15) is 0 Å². The molecule has 17 heavy (non-hydrogen) atoms. The first kappa shape index (κ1) is 12.6. The van der Waals surface area contributed by atoms with Gasteiger partial charge in [0.05, 0.1) is 6.04 Å². The SMILES string of the molecule is CCNC(c1ccccc1Cl)c1ccsc1C. The molecule has 0 amide bonds. The molecule has 2 aromatic rings. The second-order valence-corrected chi connectivity index (χ2v) is 5.47. The lowest BCUT2D eigenvalue weighted by atomic mass is 9.99. The van der Waals surface area contributed by atoms with E-state index in [0.29, 0.717) is 0 Å². The summed E-state index contributed by atoms with van der Waals surface area (Å²) in [7, 11) is 0. The highest BCUT2D eigenvalue weighted by molar-refractivity contribution is 7.10. The minimum atomic E-state index is 0.194. The molecule has 0 aliphatic rings. The van der Waals surface area contributed by atoms with E-state index in [1.54, 1.807) is 11.3 Å². The Kier molecular flexibility index (Phi) is 4.21. The number of nitrogens with one attached hydrogen (secondary N) is 1. The van der Waals surface area contributed by atoms with Crippen molar-refractivity contribution in [2.75, 3.05) is 6.54 Å². The first-order valence-electron chi connectivity index (χ1n) is 5.75. The standard InChI is InChI=1S/C14H16ClNS/c1-3-16-14(11-8-9-17-10(11)2)12-6-4-5-7-13(12)15/h4-9,14,16H,3H2,1-2H3. The van der Waals surface area contributed by atoms with Crippen molar-refractivity contribution in [1.29, 1.82) is 0 Å². The van der Waals surface area contributed by atoms with Gasteiger partial charge in [-0.05, 0) is 42.1 Å². The summed E-state index contributed by atoms with van der Waals surface area (Å²) >= 11 is 8.06. The number of benzene rings is 1. The fraction of sp³-hybridized carbons (Fsp3) is 0.286. The van der Waals surface area contributed by atoms with E-state index in [9.17, 15) is 0 Å². The molecule has 1 heterocycles. The largest absolute Gasteiger partial charge is 0.306 e. The molecule has 0 radical (unpaired) electrons. The van der Waals surface area contributed by atoms with Crippen LogP contribution in [0.2, 0.25) is 5.02 Å². The summed E-state index contributed by atoms with van der Waals surface area (Å²) in [5, 5.41) is 6.46. The number of aryl methyl sites for hydroxylation is 1. The fourth-order valence-electron chi connectivity index (χ4n) is 2.00. The van der Waals surface area contributed by atoms with Crippen molar-refractivity contribution in [1.82, 2.24) is 5.32 Å². The van der Waals surface area contributed by atoms with Crippen LogP contribution < -0.4 is 5.32 Å². The van der Waals surface area contributed by atoms with Gasteiger partial charge in [0.25, 0.3) is 0 Å². The molecule has 0 fully saturated rings. The van der Waals surface area contributed by atoms with Crippen LogP contribution in [-0.2, 0) is 0 Å². The predicted octanol–water partition coefficient (Wildman–Crippen LogP) is 4.41. The summed E-state index contributed by atoms with van der Waals surface area (Å²) in [6.07, 6.45) is 0. The summed E-state index contributed by atoms with van der Waals surface area (Å²) in [5.41, 5.74) is 2.47. The molecule has 0 aliphatic carbocycles. The normalized spacial score (nSPS) is 12.6. The number of hydrogen-bond donors (Lipinski definition) is 1. The Morgan fingerprint density at radius 3 is 2.59 bits per heavy atom. The Labute approximate surface area is 111 Å². The molecule has 0 spiro atoms. The molecule has 1 unspecified atom stereocenters. The van der Waals surface area contributed by atoms with Crippen molar-refractivity contribution in [3.05, 3.63) is 56.7 Å². The van der Waals surface area contributed by atoms with Gasteiger partial charge in [-0.25, -0.2) is 0 Å². The summed E-state index contributed by atoms with van der Waals surface area (Å²) in [6, 6.07) is 10.4. The zero-order valence-electron chi connectivity index (χ0n) is 10.0. The zero-order valence-corrected chi connectivity index (χ0v) is 11.6. The van der Waals surface area contributed by atoms with E-state index in [2.05, 4.69) is 36.7 Å². The Morgan fingerprint density at radius 1 is 1.24 bits per heavy atom. The molecule has 3 heteroatoms. The van der Waals surface area contributed by atoms with Gasteiger partial charge in [0.15, 0.2) is 0 Å². The van der Waals surface area contributed by atoms with Crippen LogP contribution in [0.5, 0.6) is 0 Å². The molecule has 1 aromatic carbocycles. The van der Waals surface area contributed by atoms with Gasteiger partial charge < -0.3 is 5.32 Å². The van der Waals surface area contributed by atoms with Crippen molar-refractivity contribution in [3.8, 4) is 0 Å². The van der Waals surface area contributed by atoms with Crippen LogP contribution >= 0.6 is 22.9 Å². The van der Waals surface area contributed by atoms with Gasteiger partial charge in [-0.3, -0.25) is 0 Å². The van der Waals surface area contributed by atoms with Gasteiger partial charge in [-0.15, -0.1) is 11.3 Å². The van der Waals surface area contributed by atoms with Gasteiger partial charge >= 0.3 is 0 Å². The molecule has 0 saturated carbocycles. The van der Waals surface area contributed by atoms with Crippen molar-refractivity contribution in [2.45, 2.75) is 19.9 Å². The molecule has 2 rings (SSSR count). The monoisotopic (exact) mass is 265 g/mol. The molecule has 0 saturated heterocycles. The van der Waals surface area contributed by atoms with Gasteiger partial charge in [0.2, 0.25) is 0 Å². The predicted molar refractivity (Wildman–Crippen MR) is 76.0 cm³/mol.